The topological polar surface area (TPSA) is 43.6 Å². The lowest BCUT2D eigenvalue weighted by Gasteiger charge is -2.18. The molecule has 0 aliphatic rings. The van der Waals surface area contributed by atoms with Crippen LogP contribution in [-0.2, 0) is 12.4 Å². The van der Waals surface area contributed by atoms with Crippen molar-refractivity contribution in [2.75, 3.05) is 0 Å². The van der Waals surface area contributed by atoms with Gasteiger partial charge in [0.2, 0.25) is 0 Å². The SMILES string of the molecule is FC(F)(F)c1cc(-c2ccc(-n3c4ccccc4c4cc(-c5ccccc5)ccc43)cc2-c2nc(-c3ccccc3)nc(-c3ccccc3)n2)cc(C(F)(F)F)c1. The molecule has 2 heterocycles. The van der Waals surface area contributed by atoms with Gasteiger partial charge in [-0.3, -0.25) is 0 Å². The number of hydrogen-bond donors (Lipinski definition) is 0. The molecule has 0 bridgehead atoms. The molecule has 0 N–H and O–H groups in total. The van der Waals surface area contributed by atoms with Gasteiger partial charge in [0.15, 0.2) is 17.5 Å². The van der Waals surface area contributed by atoms with Crippen molar-refractivity contribution in [2.24, 2.45) is 0 Å². The summed E-state index contributed by atoms with van der Waals surface area (Å²) in [5.41, 5.74) is 2.77. The molecule has 0 aliphatic heterocycles. The van der Waals surface area contributed by atoms with E-state index in [-0.39, 0.29) is 40.2 Å². The molecule has 0 saturated heterocycles. The summed E-state index contributed by atoms with van der Waals surface area (Å²) in [6.07, 6.45) is -10.1. The van der Waals surface area contributed by atoms with Crippen LogP contribution in [0.1, 0.15) is 11.1 Å². The number of benzene rings is 7. The van der Waals surface area contributed by atoms with Gasteiger partial charge >= 0.3 is 12.4 Å². The lowest BCUT2D eigenvalue weighted by Crippen LogP contribution is -2.11. The average Bonchev–Trinajstić information content (AvgIpc) is 3.57. The number of nitrogens with zero attached hydrogens (tertiary/aromatic N) is 4. The maximum absolute atomic E-state index is 14.2. The van der Waals surface area contributed by atoms with Gasteiger partial charge in [-0.25, -0.2) is 15.0 Å². The summed E-state index contributed by atoms with van der Waals surface area (Å²) in [7, 11) is 0. The number of fused-ring (bicyclic) bond motifs is 3. The Kier molecular flexibility index (Phi) is 8.69. The van der Waals surface area contributed by atoms with E-state index in [0.29, 0.717) is 16.8 Å². The fraction of sp³-hybridized carbons (Fsp3) is 0.0426. The van der Waals surface area contributed by atoms with Crippen LogP contribution in [0, 0.1) is 0 Å². The van der Waals surface area contributed by atoms with Crippen LogP contribution in [0.15, 0.2) is 170 Å². The molecule has 0 fully saturated rings. The van der Waals surface area contributed by atoms with Crippen molar-refractivity contribution in [3.8, 4) is 62.1 Å². The standard InChI is InChI=1S/C47H28F6N4/c48-46(49,50)34-24-33(25-35(27-34)47(51,52)53)37-22-21-36(57-41-19-11-10-18-38(41)39-26-32(20-23-42(39)57)29-12-4-1-5-13-29)28-40(37)45-55-43(30-14-6-2-7-15-30)54-44(56-45)31-16-8-3-9-17-31/h1-28H. The Morgan fingerprint density at radius 2 is 0.860 bits per heavy atom. The van der Waals surface area contributed by atoms with E-state index in [0.717, 1.165) is 45.1 Å². The summed E-state index contributed by atoms with van der Waals surface area (Å²) in [5, 5.41) is 1.92. The molecule has 0 radical (unpaired) electrons. The first-order valence-corrected chi connectivity index (χ1v) is 17.9. The molecule has 57 heavy (non-hydrogen) atoms. The lowest BCUT2D eigenvalue weighted by atomic mass is 9.94. The van der Waals surface area contributed by atoms with Crippen molar-refractivity contribution in [1.29, 1.82) is 0 Å². The smallest absolute Gasteiger partial charge is 0.309 e. The van der Waals surface area contributed by atoms with Crippen LogP contribution in [0.5, 0.6) is 0 Å². The number of para-hydroxylation sites is 1. The van der Waals surface area contributed by atoms with Crippen molar-refractivity contribution in [2.45, 2.75) is 12.4 Å². The molecule has 10 heteroatoms. The van der Waals surface area contributed by atoms with Gasteiger partial charge in [-0.1, -0.05) is 121 Å². The zero-order valence-corrected chi connectivity index (χ0v) is 29.7. The minimum atomic E-state index is -5.05. The average molecular weight is 763 g/mol. The molecular formula is C47H28F6N4. The number of halogens is 6. The molecule has 2 aromatic heterocycles. The van der Waals surface area contributed by atoms with Gasteiger partial charge in [0, 0.05) is 33.2 Å². The summed E-state index contributed by atoms with van der Waals surface area (Å²) < 4.78 is 87.4. The number of alkyl halides is 6. The van der Waals surface area contributed by atoms with Crippen molar-refractivity contribution in [1.82, 2.24) is 19.5 Å². The Labute approximate surface area is 322 Å². The second kappa shape index (κ2) is 13.9. The number of aromatic nitrogens is 4. The highest BCUT2D eigenvalue weighted by atomic mass is 19.4. The van der Waals surface area contributed by atoms with Gasteiger partial charge in [0.25, 0.3) is 0 Å². The van der Waals surface area contributed by atoms with Gasteiger partial charge in [0.05, 0.1) is 22.2 Å². The molecule has 0 atom stereocenters. The van der Waals surface area contributed by atoms with E-state index in [4.69, 9.17) is 15.0 Å². The van der Waals surface area contributed by atoms with Gasteiger partial charge in [-0.05, 0) is 70.8 Å². The first-order valence-electron chi connectivity index (χ1n) is 17.9. The Balaban J connectivity index is 1.34. The van der Waals surface area contributed by atoms with Gasteiger partial charge in [-0.2, -0.15) is 26.3 Å². The zero-order chi connectivity index (χ0) is 39.3. The maximum Gasteiger partial charge on any atom is 0.416 e. The third kappa shape index (κ3) is 6.80. The van der Waals surface area contributed by atoms with E-state index < -0.39 is 23.5 Å². The number of hydrogen-bond acceptors (Lipinski definition) is 3. The van der Waals surface area contributed by atoms with Crippen molar-refractivity contribution in [3.63, 3.8) is 0 Å². The predicted molar refractivity (Wildman–Crippen MR) is 211 cm³/mol. The molecule has 0 amide bonds. The normalized spacial score (nSPS) is 12.0. The van der Waals surface area contributed by atoms with Crippen molar-refractivity contribution < 1.29 is 26.3 Å². The van der Waals surface area contributed by atoms with Crippen molar-refractivity contribution in [3.05, 3.63) is 181 Å². The Hall–Kier alpha value is -7.07. The second-order valence-electron chi connectivity index (χ2n) is 13.5. The Morgan fingerprint density at radius 1 is 0.351 bits per heavy atom. The summed E-state index contributed by atoms with van der Waals surface area (Å²) in [5.74, 6) is 0.625. The van der Waals surface area contributed by atoms with E-state index in [1.807, 2.05) is 132 Å². The molecule has 0 spiro atoms. The van der Waals surface area contributed by atoms with Crippen LogP contribution in [0.4, 0.5) is 26.3 Å². The monoisotopic (exact) mass is 762 g/mol. The molecule has 278 valence electrons. The summed E-state index contributed by atoms with van der Waals surface area (Å²) >= 11 is 0. The van der Waals surface area contributed by atoms with E-state index >= 15 is 0 Å². The molecule has 0 unspecified atom stereocenters. The zero-order valence-electron chi connectivity index (χ0n) is 29.7. The molecular weight excluding hydrogens is 735 g/mol. The summed E-state index contributed by atoms with van der Waals surface area (Å²) in [4.78, 5) is 14.4. The molecule has 9 aromatic rings. The molecule has 4 nitrogen and oxygen atoms in total. The minimum Gasteiger partial charge on any atom is -0.309 e. The quantitative estimate of drug-likeness (QED) is 0.158. The van der Waals surface area contributed by atoms with Gasteiger partial charge < -0.3 is 4.57 Å². The highest BCUT2D eigenvalue weighted by Crippen LogP contribution is 2.43. The first kappa shape index (κ1) is 35.6. The van der Waals surface area contributed by atoms with Crippen molar-refractivity contribution >= 4 is 21.8 Å². The third-order valence-electron chi connectivity index (χ3n) is 9.88. The Bertz CT molecular complexity index is 2830. The van der Waals surface area contributed by atoms with E-state index in [9.17, 15) is 26.3 Å². The fourth-order valence-electron chi connectivity index (χ4n) is 7.21. The minimum absolute atomic E-state index is 0.0673. The maximum atomic E-state index is 14.2. The molecule has 0 saturated carbocycles. The lowest BCUT2D eigenvalue weighted by molar-refractivity contribution is -0.143. The van der Waals surface area contributed by atoms with Gasteiger partial charge in [-0.15, -0.1) is 0 Å². The highest BCUT2D eigenvalue weighted by molar-refractivity contribution is 6.10. The van der Waals surface area contributed by atoms with Gasteiger partial charge in [0.1, 0.15) is 0 Å². The van der Waals surface area contributed by atoms with Crippen LogP contribution in [0.2, 0.25) is 0 Å². The first-order chi connectivity index (χ1) is 27.5. The van der Waals surface area contributed by atoms with Crippen LogP contribution in [0.25, 0.3) is 83.9 Å². The predicted octanol–water partition coefficient (Wildman–Crippen LogP) is 13.3. The second-order valence-corrected chi connectivity index (χ2v) is 13.5. The largest absolute Gasteiger partial charge is 0.416 e. The van der Waals surface area contributed by atoms with E-state index in [1.54, 1.807) is 12.1 Å². The molecule has 9 rings (SSSR count). The van der Waals surface area contributed by atoms with Crippen LogP contribution in [-0.4, -0.2) is 19.5 Å². The molecule has 7 aromatic carbocycles. The molecule has 0 aliphatic carbocycles. The fourth-order valence-corrected chi connectivity index (χ4v) is 7.21. The van der Waals surface area contributed by atoms with Crippen LogP contribution < -0.4 is 0 Å². The summed E-state index contributed by atoms with van der Waals surface area (Å²) in [6, 6.07) is 48.7. The highest BCUT2D eigenvalue weighted by Gasteiger charge is 2.37. The Morgan fingerprint density at radius 3 is 1.44 bits per heavy atom. The van der Waals surface area contributed by atoms with E-state index in [1.165, 1.54) is 6.07 Å². The third-order valence-corrected chi connectivity index (χ3v) is 9.88. The van der Waals surface area contributed by atoms with Crippen LogP contribution >= 0.6 is 0 Å². The van der Waals surface area contributed by atoms with E-state index in [2.05, 4.69) is 6.07 Å². The summed E-state index contributed by atoms with van der Waals surface area (Å²) in [6.45, 7) is 0. The number of rotatable bonds is 6. The van der Waals surface area contributed by atoms with Crippen LogP contribution in [0.3, 0.4) is 0 Å².